The highest BCUT2D eigenvalue weighted by Crippen LogP contribution is 2.24. The molecule has 0 spiro atoms. The van der Waals surface area contributed by atoms with Gasteiger partial charge in [0.15, 0.2) is 0 Å². The van der Waals surface area contributed by atoms with Gasteiger partial charge in [0.2, 0.25) is 0 Å². The molecule has 0 aliphatic rings. The van der Waals surface area contributed by atoms with Gasteiger partial charge in [-0.15, -0.1) is 0 Å². The van der Waals surface area contributed by atoms with Crippen LogP contribution in [0.3, 0.4) is 0 Å². The maximum absolute atomic E-state index is 12.9. The van der Waals surface area contributed by atoms with E-state index in [0.29, 0.717) is 11.7 Å². The quantitative estimate of drug-likeness (QED) is 0.710. The predicted molar refractivity (Wildman–Crippen MR) is 80.5 cm³/mol. The molecule has 0 unspecified atom stereocenters. The molecule has 0 saturated carbocycles. The van der Waals surface area contributed by atoms with Crippen molar-refractivity contribution in [3.05, 3.63) is 71.1 Å². The van der Waals surface area contributed by atoms with E-state index in [1.165, 1.54) is 12.1 Å². The van der Waals surface area contributed by atoms with Gasteiger partial charge < -0.3 is 5.32 Å². The smallest absolute Gasteiger partial charge is 0.135 e. The van der Waals surface area contributed by atoms with Crippen LogP contribution in [0.15, 0.2) is 54.6 Å². The molecule has 1 N–H and O–H groups in total. The molecule has 0 aliphatic carbocycles. The fraction of sp³-hybridized carbons (Fsp3) is 0.0625. The highest BCUT2D eigenvalue weighted by Gasteiger charge is 2.04. The summed E-state index contributed by atoms with van der Waals surface area (Å²) in [4.78, 5) is 4.31. The SMILES string of the molecule is Fc1ccc(CNc2nc(Cl)cc3ccccc23)cc1. The van der Waals surface area contributed by atoms with Crippen LogP contribution in [0.1, 0.15) is 5.56 Å². The second-order valence-electron chi connectivity index (χ2n) is 4.49. The predicted octanol–water partition coefficient (Wildman–Crippen LogP) is 4.64. The molecule has 1 aromatic heterocycles. The molecule has 2 aromatic carbocycles. The van der Waals surface area contributed by atoms with E-state index in [-0.39, 0.29) is 5.82 Å². The third-order valence-corrected chi connectivity index (χ3v) is 3.28. The largest absolute Gasteiger partial charge is 0.365 e. The molecule has 3 rings (SSSR count). The van der Waals surface area contributed by atoms with Gasteiger partial charge in [0, 0.05) is 11.9 Å². The summed E-state index contributed by atoms with van der Waals surface area (Å²) in [5.74, 6) is 0.498. The monoisotopic (exact) mass is 286 g/mol. The number of anilines is 1. The van der Waals surface area contributed by atoms with Crippen LogP contribution < -0.4 is 5.32 Å². The van der Waals surface area contributed by atoms with E-state index >= 15 is 0 Å². The van der Waals surface area contributed by atoms with Gasteiger partial charge in [0.1, 0.15) is 16.8 Å². The van der Waals surface area contributed by atoms with Crippen molar-refractivity contribution in [1.29, 1.82) is 0 Å². The van der Waals surface area contributed by atoms with E-state index in [2.05, 4.69) is 10.3 Å². The Balaban J connectivity index is 1.88. The lowest BCUT2D eigenvalue weighted by molar-refractivity contribution is 0.627. The van der Waals surface area contributed by atoms with Gasteiger partial charge in [-0.1, -0.05) is 48.0 Å². The first-order valence-electron chi connectivity index (χ1n) is 6.26. The summed E-state index contributed by atoms with van der Waals surface area (Å²) in [5.41, 5.74) is 0.984. The lowest BCUT2D eigenvalue weighted by Gasteiger charge is -2.09. The van der Waals surface area contributed by atoms with Crippen molar-refractivity contribution in [3.63, 3.8) is 0 Å². The molecular formula is C16H12ClFN2. The second kappa shape index (κ2) is 5.47. The molecule has 0 saturated heterocycles. The zero-order valence-electron chi connectivity index (χ0n) is 10.6. The summed E-state index contributed by atoms with van der Waals surface area (Å²) in [6, 6.07) is 16.1. The van der Waals surface area contributed by atoms with Crippen molar-refractivity contribution in [2.24, 2.45) is 0 Å². The van der Waals surface area contributed by atoms with E-state index in [0.717, 1.165) is 22.2 Å². The van der Waals surface area contributed by atoms with Crippen LogP contribution in [0, 0.1) is 5.82 Å². The molecule has 1 heterocycles. The number of fused-ring (bicyclic) bond motifs is 1. The van der Waals surface area contributed by atoms with Gasteiger partial charge >= 0.3 is 0 Å². The molecule has 0 bridgehead atoms. The van der Waals surface area contributed by atoms with E-state index in [1.807, 2.05) is 30.3 Å². The summed E-state index contributed by atoms with van der Waals surface area (Å²) in [6.07, 6.45) is 0. The number of halogens is 2. The summed E-state index contributed by atoms with van der Waals surface area (Å²) in [5, 5.41) is 5.74. The standard InChI is InChI=1S/C16H12ClFN2/c17-15-9-12-3-1-2-4-14(12)16(20-15)19-10-11-5-7-13(18)8-6-11/h1-9H,10H2,(H,19,20). The minimum atomic E-state index is -0.236. The summed E-state index contributed by atoms with van der Waals surface area (Å²) < 4.78 is 12.9. The Morgan fingerprint density at radius 2 is 1.80 bits per heavy atom. The Bertz CT molecular complexity index is 741. The van der Waals surface area contributed by atoms with E-state index in [1.54, 1.807) is 12.1 Å². The molecule has 0 atom stereocenters. The zero-order chi connectivity index (χ0) is 13.9. The highest BCUT2D eigenvalue weighted by atomic mass is 35.5. The molecule has 2 nitrogen and oxygen atoms in total. The van der Waals surface area contributed by atoms with Crippen molar-refractivity contribution in [2.75, 3.05) is 5.32 Å². The van der Waals surface area contributed by atoms with E-state index < -0.39 is 0 Å². The van der Waals surface area contributed by atoms with Crippen LogP contribution in [-0.4, -0.2) is 4.98 Å². The molecular weight excluding hydrogens is 275 g/mol. The minimum absolute atomic E-state index is 0.236. The number of nitrogens with zero attached hydrogens (tertiary/aromatic N) is 1. The van der Waals surface area contributed by atoms with Gasteiger partial charge in [0.25, 0.3) is 0 Å². The Labute approximate surface area is 121 Å². The van der Waals surface area contributed by atoms with Crippen LogP contribution in [0.5, 0.6) is 0 Å². The van der Waals surface area contributed by atoms with Gasteiger partial charge in [-0.3, -0.25) is 0 Å². The fourth-order valence-electron chi connectivity index (χ4n) is 2.09. The Morgan fingerprint density at radius 3 is 2.60 bits per heavy atom. The average Bonchev–Trinajstić information content (AvgIpc) is 2.46. The van der Waals surface area contributed by atoms with E-state index in [4.69, 9.17) is 11.6 Å². The van der Waals surface area contributed by atoms with Crippen LogP contribution in [0.25, 0.3) is 10.8 Å². The maximum Gasteiger partial charge on any atom is 0.135 e. The third kappa shape index (κ3) is 2.73. The Hall–Kier alpha value is -2.13. The van der Waals surface area contributed by atoms with Crippen LogP contribution in [0.4, 0.5) is 10.2 Å². The first-order valence-corrected chi connectivity index (χ1v) is 6.64. The molecule has 0 amide bonds. The fourth-order valence-corrected chi connectivity index (χ4v) is 2.29. The number of nitrogens with one attached hydrogen (secondary N) is 1. The lowest BCUT2D eigenvalue weighted by Crippen LogP contribution is -2.02. The van der Waals surface area contributed by atoms with Crippen LogP contribution in [0.2, 0.25) is 5.15 Å². The van der Waals surface area contributed by atoms with Crippen molar-refractivity contribution in [1.82, 2.24) is 4.98 Å². The molecule has 4 heteroatoms. The van der Waals surface area contributed by atoms with Crippen molar-refractivity contribution < 1.29 is 4.39 Å². The van der Waals surface area contributed by atoms with Gasteiger partial charge in [-0.25, -0.2) is 9.37 Å². The molecule has 20 heavy (non-hydrogen) atoms. The molecule has 0 aliphatic heterocycles. The number of benzene rings is 2. The maximum atomic E-state index is 12.9. The first-order chi connectivity index (χ1) is 9.72. The number of hydrogen-bond donors (Lipinski definition) is 1. The molecule has 0 fully saturated rings. The molecule has 0 radical (unpaired) electrons. The second-order valence-corrected chi connectivity index (χ2v) is 4.88. The minimum Gasteiger partial charge on any atom is -0.365 e. The topological polar surface area (TPSA) is 24.9 Å². The number of hydrogen-bond acceptors (Lipinski definition) is 2. The normalized spacial score (nSPS) is 10.7. The van der Waals surface area contributed by atoms with Gasteiger partial charge in [0.05, 0.1) is 0 Å². The van der Waals surface area contributed by atoms with Gasteiger partial charge in [-0.2, -0.15) is 0 Å². The third-order valence-electron chi connectivity index (χ3n) is 3.08. The summed E-state index contributed by atoms with van der Waals surface area (Å²) >= 11 is 6.03. The highest BCUT2D eigenvalue weighted by molar-refractivity contribution is 6.30. The Morgan fingerprint density at radius 1 is 1.05 bits per heavy atom. The average molecular weight is 287 g/mol. The molecule has 3 aromatic rings. The van der Waals surface area contributed by atoms with Crippen LogP contribution >= 0.6 is 11.6 Å². The lowest BCUT2D eigenvalue weighted by atomic mass is 10.1. The van der Waals surface area contributed by atoms with Crippen molar-refractivity contribution in [2.45, 2.75) is 6.54 Å². The van der Waals surface area contributed by atoms with Crippen molar-refractivity contribution in [3.8, 4) is 0 Å². The molecule has 100 valence electrons. The van der Waals surface area contributed by atoms with E-state index in [9.17, 15) is 4.39 Å². The Kier molecular flexibility index (Phi) is 3.52. The summed E-state index contributed by atoms with van der Waals surface area (Å²) in [7, 11) is 0. The number of aromatic nitrogens is 1. The number of pyridine rings is 1. The summed E-state index contributed by atoms with van der Waals surface area (Å²) in [6.45, 7) is 0.567. The van der Waals surface area contributed by atoms with Crippen LogP contribution in [-0.2, 0) is 6.54 Å². The zero-order valence-corrected chi connectivity index (χ0v) is 11.4. The van der Waals surface area contributed by atoms with Crippen molar-refractivity contribution >= 4 is 28.2 Å². The number of rotatable bonds is 3. The van der Waals surface area contributed by atoms with Gasteiger partial charge in [-0.05, 0) is 29.1 Å². The first kappa shape index (κ1) is 12.9.